The highest BCUT2D eigenvalue weighted by atomic mass is 16.7. The fourth-order valence-corrected chi connectivity index (χ4v) is 14.5. The maximum Gasteiger partial charge on any atom is 0.220 e. The first kappa shape index (κ1) is 95.0. The van der Waals surface area contributed by atoms with Gasteiger partial charge in [0.15, 0.2) is 12.6 Å². The van der Waals surface area contributed by atoms with Crippen molar-refractivity contribution in [3.63, 3.8) is 0 Å². The molecule has 14 nitrogen and oxygen atoms in total. The second-order valence-electron chi connectivity index (χ2n) is 30.6. The topological polar surface area (TPSA) is 228 Å². The van der Waals surface area contributed by atoms with E-state index in [-0.39, 0.29) is 12.5 Å². The number of aliphatic hydroxyl groups excluding tert-OH is 8. The van der Waals surface area contributed by atoms with Crippen LogP contribution < -0.4 is 5.32 Å². The molecule has 2 aliphatic heterocycles. The largest absolute Gasteiger partial charge is 0.394 e. The van der Waals surface area contributed by atoms with Gasteiger partial charge in [-0.05, 0) is 51.4 Å². The van der Waals surface area contributed by atoms with Gasteiger partial charge in [0.2, 0.25) is 5.91 Å². The summed E-state index contributed by atoms with van der Waals surface area (Å²) in [5.74, 6) is -0.198. The molecule has 0 aromatic carbocycles. The molecule has 0 bridgehead atoms. The Bertz CT molecular complexity index is 1880. The molecule has 9 N–H and O–H groups in total. The normalized spacial score (nSPS) is 21.9. The minimum absolute atomic E-state index is 0.198. The molecule has 1 amide bonds. The molecule has 101 heavy (non-hydrogen) atoms. The van der Waals surface area contributed by atoms with Crippen LogP contribution in [0.3, 0.4) is 0 Å². The van der Waals surface area contributed by atoms with Crippen LogP contribution in [0.15, 0.2) is 48.6 Å². The molecule has 12 unspecified atom stereocenters. The van der Waals surface area contributed by atoms with Gasteiger partial charge in [-0.25, -0.2) is 0 Å². The average Bonchev–Trinajstić information content (AvgIpc) is 0.791. The fraction of sp³-hybridized carbons (Fsp3) is 0.897. The summed E-state index contributed by atoms with van der Waals surface area (Å²) in [5, 5.41) is 88.0. The predicted molar refractivity (Wildman–Crippen MR) is 420 cm³/mol. The van der Waals surface area contributed by atoms with Crippen LogP contribution in [0.4, 0.5) is 0 Å². The zero-order valence-corrected chi connectivity index (χ0v) is 65.4. The van der Waals surface area contributed by atoms with Crippen molar-refractivity contribution in [3.8, 4) is 0 Å². The standard InChI is InChI=1S/C87H163NO13/c1-3-5-7-9-11-13-15-17-19-21-23-25-27-29-31-33-35-37-38-39-41-43-45-47-49-51-53-55-57-59-61-63-65-67-69-71-79(92)88-75(74-98-86-84(97)82(95)85(78(73-90)100-86)101-87-83(96)81(94)80(93)77(72-89)99-87)76(91)70-68-66-64-62-60-58-56-54-52-50-48-46-44-42-40-36-34-32-30-28-26-24-22-20-18-16-14-12-10-8-6-4-2/h5,7,11,13,17,19,23,25,75-78,80-87,89-91,93-97H,3-4,6,8-10,12,14-16,18,20-22,24,26-74H2,1-2H3,(H,88,92)/b7-5-,13-11-,19-17-,25-23-. The van der Waals surface area contributed by atoms with E-state index in [2.05, 4.69) is 67.8 Å². The number of hydrogen-bond acceptors (Lipinski definition) is 13. The third-order valence-corrected chi connectivity index (χ3v) is 21.3. The molecule has 0 aliphatic carbocycles. The van der Waals surface area contributed by atoms with Crippen molar-refractivity contribution in [2.75, 3.05) is 19.8 Å². The van der Waals surface area contributed by atoms with Gasteiger partial charge in [0, 0.05) is 6.42 Å². The van der Waals surface area contributed by atoms with Gasteiger partial charge in [-0.1, -0.05) is 396 Å². The summed E-state index contributed by atoms with van der Waals surface area (Å²) >= 11 is 0. The van der Waals surface area contributed by atoms with E-state index in [0.717, 1.165) is 77.0 Å². The molecule has 2 aliphatic rings. The van der Waals surface area contributed by atoms with Crippen LogP contribution >= 0.6 is 0 Å². The van der Waals surface area contributed by atoms with Gasteiger partial charge in [-0.15, -0.1) is 0 Å². The Morgan fingerprint density at radius 1 is 0.366 bits per heavy atom. The zero-order valence-electron chi connectivity index (χ0n) is 65.4. The maximum absolute atomic E-state index is 13.4. The number of carbonyl (C=O) groups is 1. The molecule has 2 heterocycles. The Hall–Kier alpha value is -2.05. The molecule has 0 radical (unpaired) electrons. The third kappa shape index (κ3) is 53.4. The van der Waals surface area contributed by atoms with Gasteiger partial charge in [0.05, 0.1) is 32.0 Å². The molecule has 0 aromatic rings. The van der Waals surface area contributed by atoms with Crippen molar-refractivity contribution in [1.29, 1.82) is 0 Å². The SMILES string of the molecule is CC/C=C\C/C=C\C/C=C\C/C=C\CCCCCCCCCCCCCCCCCCCCCCCCC(=O)NC(COC1OC(CO)C(OC2OC(CO)C(O)C(O)C2O)C(O)C1O)C(O)CCCCCCCCCCCCCCCCCCCCCCCCCCCCCCCCCC. The first-order valence-corrected chi connectivity index (χ1v) is 43.4. The second kappa shape index (κ2) is 70.9. The number of unbranched alkanes of at least 4 members (excludes halogenated alkanes) is 53. The van der Waals surface area contributed by atoms with Crippen LogP contribution in [0.2, 0.25) is 0 Å². The lowest BCUT2D eigenvalue weighted by Gasteiger charge is -2.46. The lowest BCUT2D eigenvalue weighted by molar-refractivity contribution is -0.359. The van der Waals surface area contributed by atoms with Gasteiger partial charge in [-0.3, -0.25) is 4.79 Å². The molecule has 2 rings (SSSR count). The van der Waals surface area contributed by atoms with Crippen molar-refractivity contribution >= 4 is 5.91 Å². The zero-order chi connectivity index (χ0) is 73.0. The van der Waals surface area contributed by atoms with Gasteiger partial charge < -0.3 is 65.1 Å². The Kier molecular flexibility index (Phi) is 66.7. The van der Waals surface area contributed by atoms with Crippen molar-refractivity contribution in [3.05, 3.63) is 48.6 Å². The van der Waals surface area contributed by atoms with Gasteiger partial charge in [-0.2, -0.15) is 0 Å². The van der Waals surface area contributed by atoms with E-state index >= 15 is 0 Å². The van der Waals surface area contributed by atoms with Crippen molar-refractivity contribution in [2.45, 2.75) is 479 Å². The van der Waals surface area contributed by atoms with Crippen LogP contribution in [0.1, 0.15) is 406 Å². The highest BCUT2D eigenvalue weighted by Gasteiger charge is 2.51. The molecule has 12 atom stereocenters. The van der Waals surface area contributed by atoms with E-state index in [9.17, 15) is 45.6 Å². The number of aliphatic hydroxyl groups is 8. The Labute approximate surface area is 620 Å². The predicted octanol–water partition coefficient (Wildman–Crippen LogP) is 20.5. The molecule has 2 saturated heterocycles. The molecule has 0 spiro atoms. The van der Waals surface area contributed by atoms with Crippen LogP contribution in [-0.2, 0) is 23.7 Å². The molecular formula is C87H163NO13. The maximum atomic E-state index is 13.4. The average molecular weight is 1430 g/mol. The Balaban J connectivity index is 1.57. The number of allylic oxidation sites excluding steroid dienone is 8. The first-order chi connectivity index (χ1) is 49.6. The van der Waals surface area contributed by atoms with Crippen LogP contribution in [0, 0.1) is 0 Å². The minimum Gasteiger partial charge on any atom is -0.394 e. The van der Waals surface area contributed by atoms with Crippen molar-refractivity contribution in [2.24, 2.45) is 0 Å². The molecule has 14 heteroatoms. The number of amides is 1. The number of nitrogens with one attached hydrogen (secondary N) is 1. The minimum atomic E-state index is -1.78. The smallest absolute Gasteiger partial charge is 0.220 e. The lowest BCUT2D eigenvalue weighted by atomic mass is 9.97. The van der Waals surface area contributed by atoms with E-state index in [4.69, 9.17) is 18.9 Å². The number of hydrogen-bond donors (Lipinski definition) is 9. The Morgan fingerprint density at radius 2 is 0.683 bits per heavy atom. The van der Waals surface area contributed by atoms with E-state index < -0.39 is 86.8 Å². The van der Waals surface area contributed by atoms with Gasteiger partial charge in [0.25, 0.3) is 0 Å². The van der Waals surface area contributed by atoms with Crippen LogP contribution in [0.25, 0.3) is 0 Å². The molecule has 0 saturated carbocycles. The van der Waals surface area contributed by atoms with Crippen molar-refractivity contribution in [1.82, 2.24) is 5.32 Å². The number of rotatable bonds is 74. The number of carbonyl (C=O) groups excluding carboxylic acids is 1. The molecule has 594 valence electrons. The van der Waals surface area contributed by atoms with E-state index in [1.165, 1.54) is 302 Å². The monoisotopic (exact) mass is 1430 g/mol. The van der Waals surface area contributed by atoms with Crippen molar-refractivity contribution < 1.29 is 64.6 Å². The van der Waals surface area contributed by atoms with Crippen LogP contribution in [-0.4, -0.2) is 140 Å². The van der Waals surface area contributed by atoms with Gasteiger partial charge >= 0.3 is 0 Å². The molecule has 0 aromatic heterocycles. The summed E-state index contributed by atoms with van der Waals surface area (Å²) in [6.45, 7) is 2.82. The quantitative estimate of drug-likeness (QED) is 0.0204. The van der Waals surface area contributed by atoms with Gasteiger partial charge in [0.1, 0.15) is 48.8 Å². The van der Waals surface area contributed by atoms with E-state index in [0.29, 0.717) is 12.8 Å². The summed E-state index contributed by atoms with van der Waals surface area (Å²) < 4.78 is 23.0. The summed E-state index contributed by atoms with van der Waals surface area (Å²) in [5.41, 5.74) is 0. The van der Waals surface area contributed by atoms with E-state index in [1.54, 1.807) is 0 Å². The molecule has 2 fully saturated rings. The highest BCUT2D eigenvalue weighted by molar-refractivity contribution is 5.76. The molecular weight excluding hydrogens is 1270 g/mol. The first-order valence-electron chi connectivity index (χ1n) is 43.4. The fourth-order valence-electron chi connectivity index (χ4n) is 14.5. The van der Waals surface area contributed by atoms with Crippen LogP contribution in [0.5, 0.6) is 0 Å². The summed E-state index contributed by atoms with van der Waals surface area (Å²) in [6.07, 6.45) is 78.9. The number of ether oxygens (including phenoxy) is 4. The highest BCUT2D eigenvalue weighted by Crippen LogP contribution is 2.31. The third-order valence-electron chi connectivity index (χ3n) is 21.3. The summed E-state index contributed by atoms with van der Waals surface area (Å²) in [4.78, 5) is 13.4. The second-order valence-corrected chi connectivity index (χ2v) is 30.6. The Morgan fingerprint density at radius 3 is 1.05 bits per heavy atom. The summed E-state index contributed by atoms with van der Waals surface area (Å²) in [7, 11) is 0. The summed E-state index contributed by atoms with van der Waals surface area (Å²) in [6, 6.07) is -0.830. The van der Waals surface area contributed by atoms with E-state index in [1.807, 2.05) is 0 Å². The lowest BCUT2D eigenvalue weighted by Crippen LogP contribution is -2.65.